The van der Waals surface area contributed by atoms with Gasteiger partial charge in [-0.1, -0.05) is 12.1 Å². The van der Waals surface area contributed by atoms with E-state index in [-0.39, 0.29) is 22.8 Å². The fourth-order valence-electron chi connectivity index (χ4n) is 2.06. The molecule has 8 heteroatoms. The molecule has 0 aliphatic carbocycles. The van der Waals surface area contributed by atoms with Crippen molar-refractivity contribution in [1.82, 2.24) is 4.72 Å². The van der Waals surface area contributed by atoms with Crippen LogP contribution in [0.1, 0.15) is 15.9 Å². The minimum Gasteiger partial charge on any atom is -0.497 e. The molecule has 0 saturated heterocycles. The molecule has 0 aliphatic rings. The Labute approximate surface area is 139 Å². The molecule has 2 aromatic rings. The van der Waals surface area contributed by atoms with Crippen molar-refractivity contribution in [2.24, 2.45) is 0 Å². The van der Waals surface area contributed by atoms with Crippen molar-refractivity contribution in [1.29, 1.82) is 0 Å². The maximum absolute atomic E-state index is 12.5. The molecule has 0 fully saturated rings. The molecule has 0 unspecified atom stereocenters. The zero-order chi connectivity index (χ0) is 17.7. The van der Waals surface area contributed by atoms with E-state index in [0.717, 1.165) is 0 Å². The topological polar surface area (TPSA) is 102 Å². The van der Waals surface area contributed by atoms with Gasteiger partial charge in [-0.25, -0.2) is 17.9 Å². The van der Waals surface area contributed by atoms with Gasteiger partial charge >= 0.3 is 5.97 Å². The number of carboxylic acid groups (broad SMARTS) is 1. The van der Waals surface area contributed by atoms with E-state index in [1.807, 2.05) is 0 Å². The van der Waals surface area contributed by atoms with Crippen LogP contribution in [-0.2, 0) is 16.6 Å². The van der Waals surface area contributed by atoms with Crippen molar-refractivity contribution in [2.75, 3.05) is 14.2 Å². The zero-order valence-electron chi connectivity index (χ0n) is 13.1. The van der Waals surface area contributed by atoms with Gasteiger partial charge in [-0.3, -0.25) is 0 Å². The van der Waals surface area contributed by atoms with Gasteiger partial charge in [0.15, 0.2) is 0 Å². The van der Waals surface area contributed by atoms with Gasteiger partial charge in [-0.15, -0.1) is 0 Å². The van der Waals surface area contributed by atoms with Gasteiger partial charge in [0.1, 0.15) is 16.4 Å². The number of rotatable bonds is 7. The highest BCUT2D eigenvalue weighted by molar-refractivity contribution is 7.89. The Bertz CT molecular complexity index is 847. The van der Waals surface area contributed by atoms with Crippen LogP contribution in [0, 0.1) is 0 Å². The number of carboxylic acids is 1. The van der Waals surface area contributed by atoms with Crippen LogP contribution in [0.2, 0.25) is 0 Å². The van der Waals surface area contributed by atoms with E-state index in [2.05, 4.69) is 4.72 Å². The lowest BCUT2D eigenvalue weighted by Gasteiger charge is -2.12. The number of methoxy groups -OCH3 is 2. The average Bonchev–Trinajstić information content (AvgIpc) is 2.59. The van der Waals surface area contributed by atoms with Crippen LogP contribution < -0.4 is 14.2 Å². The molecule has 0 aliphatic heterocycles. The smallest absolute Gasteiger partial charge is 0.335 e. The summed E-state index contributed by atoms with van der Waals surface area (Å²) in [4.78, 5) is 10.9. The number of benzene rings is 2. The lowest BCUT2D eigenvalue weighted by molar-refractivity contribution is 0.0696. The minimum atomic E-state index is -3.87. The van der Waals surface area contributed by atoms with Crippen molar-refractivity contribution in [3.63, 3.8) is 0 Å². The first-order chi connectivity index (χ1) is 11.4. The Morgan fingerprint density at radius 1 is 1.12 bits per heavy atom. The highest BCUT2D eigenvalue weighted by Crippen LogP contribution is 2.28. The van der Waals surface area contributed by atoms with Gasteiger partial charge in [0.2, 0.25) is 10.0 Å². The summed E-state index contributed by atoms with van der Waals surface area (Å²) >= 11 is 0. The Morgan fingerprint density at radius 3 is 2.50 bits per heavy atom. The second-order valence-electron chi connectivity index (χ2n) is 4.85. The fourth-order valence-corrected chi connectivity index (χ4v) is 3.26. The summed E-state index contributed by atoms with van der Waals surface area (Å²) in [7, 11) is -1.06. The number of nitrogens with one attached hydrogen (secondary N) is 1. The summed E-state index contributed by atoms with van der Waals surface area (Å²) in [6, 6.07) is 10.5. The maximum Gasteiger partial charge on any atom is 0.335 e. The number of hydrogen-bond donors (Lipinski definition) is 2. The first-order valence-corrected chi connectivity index (χ1v) is 8.39. The second kappa shape index (κ2) is 7.33. The molecule has 0 spiro atoms. The van der Waals surface area contributed by atoms with Gasteiger partial charge in [0.05, 0.1) is 19.8 Å². The zero-order valence-corrected chi connectivity index (χ0v) is 14.0. The van der Waals surface area contributed by atoms with E-state index in [1.54, 1.807) is 18.2 Å². The Morgan fingerprint density at radius 2 is 1.88 bits per heavy atom. The summed E-state index contributed by atoms with van der Waals surface area (Å²) < 4.78 is 37.6. The van der Waals surface area contributed by atoms with Crippen LogP contribution in [0.5, 0.6) is 11.5 Å². The third-order valence-corrected chi connectivity index (χ3v) is 4.72. The van der Waals surface area contributed by atoms with E-state index in [4.69, 9.17) is 14.6 Å². The van der Waals surface area contributed by atoms with Gasteiger partial charge in [0.25, 0.3) is 0 Å². The predicted molar refractivity (Wildman–Crippen MR) is 87.0 cm³/mol. The summed E-state index contributed by atoms with van der Waals surface area (Å²) in [6.45, 7) is -0.0518. The highest BCUT2D eigenvalue weighted by Gasteiger charge is 2.20. The number of carbonyl (C=O) groups is 1. The third-order valence-electron chi connectivity index (χ3n) is 3.30. The lowest BCUT2D eigenvalue weighted by atomic mass is 10.1. The van der Waals surface area contributed by atoms with Crippen molar-refractivity contribution >= 4 is 16.0 Å². The van der Waals surface area contributed by atoms with Crippen molar-refractivity contribution in [3.05, 3.63) is 53.6 Å². The van der Waals surface area contributed by atoms with Crippen LogP contribution in [0.15, 0.2) is 47.4 Å². The van der Waals surface area contributed by atoms with E-state index in [1.165, 1.54) is 38.5 Å². The standard InChI is InChI=1S/C16H17NO6S/c1-22-13-6-7-14(23-2)15(9-13)24(20,21)17-10-11-4-3-5-12(8-11)16(18)19/h3-9,17H,10H2,1-2H3,(H,18,19). The molecule has 24 heavy (non-hydrogen) atoms. The SMILES string of the molecule is COc1ccc(OC)c(S(=O)(=O)NCc2cccc(C(=O)O)c2)c1. The molecule has 0 heterocycles. The van der Waals surface area contributed by atoms with E-state index in [9.17, 15) is 13.2 Å². The fraction of sp³-hybridized carbons (Fsp3) is 0.188. The molecule has 0 atom stereocenters. The van der Waals surface area contributed by atoms with Crippen LogP contribution in [-0.4, -0.2) is 33.7 Å². The van der Waals surface area contributed by atoms with Crippen molar-refractivity contribution in [2.45, 2.75) is 11.4 Å². The molecule has 128 valence electrons. The molecule has 0 bridgehead atoms. The number of sulfonamides is 1. The average molecular weight is 351 g/mol. The van der Waals surface area contributed by atoms with Gasteiger partial charge < -0.3 is 14.6 Å². The quantitative estimate of drug-likeness (QED) is 0.790. The molecule has 2 aromatic carbocycles. The van der Waals surface area contributed by atoms with Gasteiger partial charge in [-0.05, 0) is 29.8 Å². The molecule has 0 radical (unpaired) electrons. The summed E-state index contributed by atoms with van der Waals surface area (Å²) in [5.41, 5.74) is 0.617. The molecule has 7 nitrogen and oxygen atoms in total. The van der Waals surface area contributed by atoms with Crippen molar-refractivity contribution in [3.8, 4) is 11.5 Å². The maximum atomic E-state index is 12.5. The van der Waals surface area contributed by atoms with E-state index in [0.29, 0.717) is 11.3 Å². The van der Waals surface area contributed by atoms with Crippen LogP contribution in [0.4, 0.5) is 0 Å². The minimum absolute atomic E-state index is 0.0518. The molecule has 0 aromatic heterocycles. The third kappa shape index (κ3) is 4.03. The summed E-state index contributed by atoms with van der Waals surface area (Å²) in [5.74, 6) is -0.513. The second-order valence-corrected chi connectivity index (χ2v) is 6.58. The Kier molecular flexibility index (Phi) is 5.42. The molecule has 2 rings (SSSR count). The number of hydrogen-bond acceptors (Lipinski definition) is 5. The molecule has 0 amide bonds. The Balaban J connectivity index is 2.26. The van der Waals surface area contributed by atoms with Gasteiger partial charge in [0, 0.05) is 12.6 Å². The van der Waals surface area contributed by atoms with Gasteiger partial charge in [-0.2, -0.15) is 0 Å². The van der Waals surface area contributed by atoms with E-state index < -0.39 is 16.0 Å². The van der Waals surface area contributed by atoms with Crippen LogP contribution >= 0.6 is 0 Å². The lowest BCUT2D eigenvalue weighted by Crippen LogP contribution is -2.24. The summed E-state index contributed by atoms with van der Waals surface area (Å²) in [5, 5.41) is 8.97. The number of ether oxygens (including phenoxy) is 2. The largest absolute Gasteiger partial charge is 0.497 e. The molecular weight excluding hydrogens is 334 g/mol. The number of aromatic carboxylic acids is 1. The first kappa shape index (κ1) is 17.8. The van der Waals surface area contributed by atoms with Crippen molar-refractivity contribution < 1.29 is 27.8 Å². The van der Waals surface area contributed by atoms with E-state index >= 15 is 0 Å². The summed E-state index contributed by atoms with van der Waals surface area (Å²) in [6.07, 6.45) is 0. The molecular formula is C16H17NO6S. The molecule has 2 N–H and O–H groups in total. The Hall–Kier alpha value is -2.58. The highest BCUT2D eigenvalue weighted by atomic mass is 32.2. The molecule has 0 saturated carbocycles. The monoisotopic (exact) mass is 351 g/mol. The van der Waals surface area contributed by atoms with Crippen LogP contribution in [0.3, 0.4) is 0 Å². The normalized spacial score (nSPS) is 11.1. The first-order valence-electron chi connectivity index (χ1n) is 6.91. The predicted octanol–water partition coefficient (Wildman–Crippen LogP) is 1.88. The van der Waals surface area contributed by atoms with Crippen LogP contribution in [0.25, 0.3) is 0 Å².